The van der Waals surface area contributed by atoms with Crippen LogP contribution in [-0.2, 0) is 4.79 Å². The normalized spacial score (nSPS) is 34.3. The molecule has 3 aliphatic heterocycles. The number of piperidine rings is 1. The van der Waals surface area contributed by atoms with Crippen LogP contribution in [0.5, 0.6) is 0 Å². The maximum Gasteiger partial charge on any atom is 0.303 e. The summed E-state index contributed by atoms with van der Waals surface area (Å²) in [6.45, 7) is 1.20. The summed E-state index contributed by atoms with van der Waals surface area (Å²) in [7, 11) is 0. The number of aromatic nitrogens is 2. The summed E-state index contributed by atoms with van der Waals surface area (Å²) in [4.78, 5) is 34.8. The van der Waals surface area contributed by atoms with Gasteiger partial charge in [0.05, 0.1) is 17.5 Å². The first-order valence-corrected chi connectivity index (χ1v) is 14.8. The molecule has 0 radical (unpaired) electrons. The molecule has 1 aromatic heterocycles. The molecule has 2 aromatic rings. The minimum Gasteiger partial charge on any atom is -0.481 e. The summed E-state index contributed by atoms with van der Waals surface area (Å²) in [5.41, 5.74) is 1.82. The Kier molecular flexibility index (Phi) is 6.02. The second kappa shape index (κ2) is 9.40. The number of nitrogens with zero attached hydrogens (tertiary/aromatic N) is 4. The fourth-order valence-electron chi connectivity index (χ4n) is 8.93. The van der Waals surface area contributed by atoms with Crippen LogP contribution in [0.3, 0.4) is 0 Å². The summed E-state index contributed by atoms with van der Waals surface area (Å²) in [6.07, 6.45) is 14.8. The molecule has 37 heavy (non-hydrogen) atoms. The second-order valence-corrected chi connectivity index (χ2v) is 12.8. The number of rotatable bonds is 5. The molecule has 3 saturated heterocycles. The molecule has 4 bridgehead atoms. The third-order valence-electron chi connectivity index (χ3n) is 10.4. The highest BCUT2D eigenvalue weighted by atomic mass is 16.4. The van der Waals surface area contributed by atoms with Crippen molar-refractivity contribution >= 4 is 22.8 Å². The van der Waals surface area contributed by atoms with Gasteiger partial charge in [-0.1, -0.05) is 37.8 Å². The summed E-state index contributed by atoms with van der Waals surface area (Å²) in [5.74, 6) is 1.69. The Morgan fingerprint density at radius 3 is 2.22 bits per heavy atom. The molecular formula is C30H40N4O3. The fraction of sp³-hybridized carbons (Fsp3) is 0.700. The highest BCUT2D eigenvalue weighted by Gasteiger charge is 2.47. The van der Waals surface area contributed by atoms with Gasteiger partial charge in [0.25, 0.3) is 5.56 Å². The molecular weight excluding hydrogens is 464 g/mol. The second-order valence-electron chi connectivity index (χ2n) is 12.8. The van der Waals surface area contributed by atoms with Crippen molar-refractivity contribution in [1.29, 1.82) is 0 Å². The molecule has 6 atom stereocenters. The van der Waals surface area contributed by atoms with E-state index in [1.807, 2.05) is 23.1 Å². The van der Waals surface area contributed by atoms with Crippen molar-refractivity contribution in [2.75, 3.05) is 18.0 Å². The number of hydrogen-bond acceptors (Lipinski definition) is 5. The Bertz CT molecular complexity index is 1210. The molecule has 198 valence electrons. The van der Waals surface area contributed by atoms with Crippen LogP contribution in [0.15, 0.2) is 29.1 Å². The van der Waals surface area contributed by atoms with E-state index in [1.165, 1.54) is 57.8 Å². The minimum absolute atomic E-state index is 0.00834. The molecule has 0 unspecified atom stereocenters. The van der Waals surface area contributed by atoms with Crippen molar-refractivity contribution in [2.24, 2.45) is 17.8 Å². The predicted molar refractivity (Wildman–Crippen MR) is 144 cm³/mol. The summed E-state index contributed by atoms with van der Waals surface area (Å²) in [5, 5.41) is 9.14. The summed E-state index contributed by atoms with van der Waals surface area (Å²) >= 11 is 0. The van der Waals surface area contributed by atoms with E-state index in [0.29, 0.717) is 31.0 Å². The van der Waals surface area contributed by atoms with Crippen LogP contribution >= 0.6 is 0 Å². The zero-order valence-corrected chi connectivity index (χ0v) is 21.8. The lowest BCUT2D eigenvalue weighted by atomic mass is 9.76. The van der Waals surface area contributed by atoms with E-state index >= 15 is 0 Å². The van der Waals surface area contributed by atoms with Crippen molar-refractivity contribution < 1.29 is 9.90 Å². The molecule has 7 nitrogen and oxygen atoms in total. The summed E-state index contributed by atoms with van der Waals surface area (Å²) in [6, 6.07) is 10.2. The van der Waals surface area contributed by atoms with Crippen LogP contribution in [0.4, 0.5) is 5.82 Å². The Morgan fingerprint density at radius 2 is 1.54 bits per heavy atom. The Hall–Kier alpha value is -2.41. The van der Waals surface area contributed by atoms with Crippen LogP contribution in [0, 0.1) is 17.8 Å². The predicted octanol–water partition coefficient (Wildman–Crippen LogP) is 4.83. The highest BCUT2D eigenvalue weighted by molar-refractivity contribution is 5.77. The van der Waals surface area contributed by atoms with Crippen LogP contribution in [0.25, 0.3) is 11.0 Å². The maximum atomic E-state index is 14.0. The first-order chi connectivity index (χ1) is 18.0. The van der Waals surface area contributed by atoms with Gasteiger partial charge in [0.1, 0.15) is 0 Å². The SMILES string of the molecule is O=C(O)CC1CN(c2nc3ccccc3n([C@H]3C[C@H]4CC[C@@H](C3)N4[C@@H]3C[C@@H]4CCCC[C@@H](C4)C3)c2=O)C1. The van der Waals surface area contributed by atoms with Crippen LogP contribution in [-0.4, -0.2) is 56.7 Å². The minimum atomic E-state index is -0.770. The number of para-hydroxylation sites is 2. The van der Waals surface area contributed by atoms with E-state index in [2.05, 4.69) is 15.5 Å². The number of anilines is 1. The lowest BCUT2D eigenvalue weighted by molar-refractivity contribution is -0.138. The zero-order valence-electron chi connectivity index (χ0n) is 21.8. The zero-order chi connectivity index (χ0) is 25.1. The van der Waals surface area contributed by atoms with E-state index in [0.717, 1.165) is 41.8 Å². The average Bonchev–Trinajstić information content (AvgIpc) is 3.01. The Morgan fingerprint density at radius 1 is 0.865 bits per heavy atom. The van der Waals surface area contributed by atoms with Gasteiger partial charge >= 0.3 is 5.97 Å². The number of hydrogen-bond donors (Lipinski definition) is 1. The summed E-state index contributed by atoms with van der Waals surface area (Å²) < 4.78 is 2.07. The first-order valence-electron chi connectivity index (χ1n) is 14.8. The van der Waals surface area contributed by atoms with Gasteiger partial charge in [-0.2, -0.15) is 0 Å². The van der Waals surface area contributed by atoms with E-state index in [-0.39, 0.29) is 23.9 Å². The number of fused-ring (bicyclic) bond motifs is 5. The molecule has 1 aromatic carbocycles. The lowest BCUT2D eigenvalue weighted by Crippen LogP contribution is -2.53. The largest absolute Gasteiger partial charge is 0.481 e. The number of carboxylic acid groups (broad SMARTS) is 1. The van der Waals surface area contributed by atoms with Gasteiger partial charge < -0.3 is 14.6 Å². The topological polar surface area (TPSA) is 78.7 Å². The van der Waals surface area contributed by atoms with Crippen molar-refractivity contribution in [3.63, 3.8) is 0 Å². The van der Waals surface area contributed by atoms with Gasteiger partial charge in [0.2, 0.25) is 0 Å². The van der Waals surface area contributed by atoms with Gasteiger partial charge in [-0.05, 0) is 68.9 Å². The van der Waals surface area contributed by atoms with E-state index in [4.69, 9.17) is 10.1 Å². The molecule has 0 amide bonds. The third kappa shape index (κ3) is 4.27. The Balaban J connectivity index is 1.16. The molecule has 1 N–H and O–H groups in total. The van der Waals surface area contributed by atoms with E-state index in [9.17, 15) is 9.59 Å². The molecule has 7 rings (SSSR count). The Labute approximate surface area is 218 Å². The third-order valence-corrected chi connectivity index (χ3v) is 10.4. The van der Waals surface area contributed by atoms with Crippen molar-refractivity contribution in [3.05, 3.63) is 34.6 Å². The van der Waals surface area contributed by atoms with Gasteiger partial charge in [0, 0.05) is 43.2 Å². The average molecular weight is 505 g/mol. The fourth-order valence-corrected chi connectivity index (χ4v) is 8.93. The van der Waals surface area contributed by atoms with Crippen molar-refractivity contribution in [3.8, 4) is 0 Å². The van der Waals surface area contributed by atoms with Crippen molar-refractivity contribution in [1.82, 2.24) is 14.5 Å². The van der Waals surface area contributed by atoms with Crippen molar-refractivity contribution in [2.45, 2.75) is 101 Å². The number of aliphatic carboxylic acids is 1. The van der Waals surface area contributed by atoms with Gasteiger partial charge in [-0.25, -0.2) is 4.98 Å². The smallest absolute Gasteiger partial charge is 0.303 e. The molecule has 2 saturated carbocycles. The molecule has 2 aliphatic carbocycles. The van der Waals surface area contributed by atoms with Crippen LogP contribution < -0.4 is 10.5 Å². The first kappa shape index (κ1) is 23.7. The van der Waals surface area contributed by atoms with Crippen LogP contribution in [0.1, 0.15) is 83.1 Å². The number of benzene rings is 1. The monoisotopic (exact) mass is 504 g/mol. The van der Waals surface area contributed by atoms with Gasteiger partial charge in [-0.15, -0.1) is 0 Å². The lowest BCUT2D eigenvalue weighted by Gasteiger charge is -2.48. The molecule has 5 aliphatic rings. The highest BCUT2D eigenvalue weighted by Crippen LogP contribution is 2.48. The molecule has 7 heteroatoms. The molecule has 5 fully saturated rings. The standard InChI is InChI=1S/C30H40N4O3/c35-28(36)14-21-17-32(18-21)29-30(37)34(27-8-4-3-7-26(27)31-29)25-15-22-9-10-23(16-25)33(22)24-12-19-5-1-2-6-20(11-19)13-24/h3-4,7-8,19-25H,1-2,5-6,9-18H2,(H,35,36)/t19-,20+,22-,23+,24-,25+. The molecule has 4 heterocycles. The van der Waals surface area contributed by atoms with Crippen LogP contribution in [0.2, 0.25) is 0 Å². The number of carboxylic acids is 1. The quantitative estimate of drug-likeness (QED) is 0.628. The molecule has 0 spiro atoms. The van der Waals surface area contributed by atoms with E-state index < -0.39 is 5.97 Å². The van der Waals surface area contributed by atoms with E-state index in [1.54, 1.807) is 0 Å². The van der Waals surface area contributed by atoms with Gasteiger partial charge in [0.15, 0.2) is 5.82 Å². The number of carbonyl (C=O) groups is 1. The van der Waals surface area contributed by atoms with Gasteiger partial charge in [-0.3, -0.25) is 14.5 Å². The maximum absolute atomic E-state index is 14.0.